The lowest BCUT2D eigenvalue weighted by molar-refractivity contribution is 0.795. The first-order valence-electron chi connectivity index (χ1n) is 7.71. The molecule has 1 aromatic heterocycles. The lowest BCUT2D eigenvalue weighted by Gasteiger charge is -2.10. The summed E-state index contributed by atoms with van der Waals surface area (Å²) in [6.07, 6.45) is 0. The van der Waals surface area contributed by atoms with E-state index in [0.717, 1.165) is 11.4 Å². The first-order valence-corrected chi connectivity index (χ1v) is 7.71. The molecule has 1 aromatic carbocycles. The number of guanidine groups is 1. The van der Waals surface area contributed by atoms with Crippen LogP contribution in [-0.2, 0) is 13.6 Å². The van der Waals surface area contributed by atoms with Crippen LogP contribution < -0.4 is 16.6 Å². The maximum Gasteiger partial charge on any atom is 0.255 e. The quantitative estimate of drug-likeness (QED) is 0.435. The molecule has 1 heterocycles. The smallest absolute Gasteiger partial charge is 0.255 e. The molecule has 0 unspecified atom stereocenters. The van der Waals surface area contributed by atoms with E-state index in [9.17, 15) is 4.79 Å². The second-order valence-corrected chi connectivity index (χ2v) is 5.97. The van der Waals surface area contributed by atoms with Gasteiger partial charge in [0.1, 0.15) is 0 Å². The Balaban J connectivity index is 0.00000288. The molecule has 0 bridgehead atoms. The highest BCUT2D eigenvalue weighted by molar-refractivity contribution is 14.0. The van der Waals surface area contributed by atoms with Crippen molar-refractivity contribution >= 4 is 35.6 Å². The molecule has 6 heteroatoms. The van der Waals surface area contributed by atoms with Crippen molar-refractivity contribution in [2.24, 2.45) is 17.8 Å². The van der Waals surface area contributed by atoms with Crippen LogP contribution in [0.15, 0.2) is 46.2 Å². The van der Waals surface area contributed by atoms with Crippen LogP contribution in [0.4, 0.5) is 5.69 Å². The van der Waals surface area contributed by atoms with Gasteiger partial charge in [-0.2, -0.15) is 0 Å². The zero-order chi connectivity index (χ0) is 17.0. The molecule has 0 amide bonds. The maximum atomic E-state index is 12.1. The Morgan fingerprint density at radius 3 is 2.67 bits per heavy atom. The van der Waals surface area contributed by atoms with Gasteiger partial charge < -0.3 is 15.6 Å². The molecular weight excluding hydrogens is 415 g/mol. The van der Waals surface area contributed by atoms with Gasteiger partial charge in [-0.1, -0.05) is 26.0 Å². The summed E-state index contributed by atoms with van der Waals surface area (Å²) >= 11 is 0. The van der Waals surface area contributed by atoms with E-state index in [1.54, 1.807) is 17.7 Å². The van der Waals surface area contributed by atoms with Crippen molar-refractivity contribution in [3.8, 4) is 0 Å². The fourth-order valence-corrected chi connectivity index (χ4v) is 2.23. The van der Waals surface area contributed by atoms with Crippen LogP contribution in [0.25, 0.3) is 0 Å². The number of pyridine rings is 1. The molecule has 0 fully saturated rings. The molecular formula is C18H25IN4O. The van der Waals surface area contributed by atoms with E-state index < -0.39 is 0 Å². The van der Waals surface area contributed by atoms with E-state index in [4.69, 9.17) is 5.73 Å². The first-order chi connectivity index (χ1) is 10.9. The average Bonchev–Trinajstić information content (AvgIpc) is 2.52. The molecule has 0 saturated heterocycles. The topological polar surface area (TPSA) is 72.4 Å². The third-order valence-corrected chi connectivity index (χ3v) is 3.88. The molecule has 2 rings (SSSR count). The predicted molar refractivity (Wildman–Crippen MR) is 111 cm³/mol. The number of aliphatic imine (C=N–C) groups is 1. The largest absolute Gasteiger partial charge is 0.370 e. The van der Waals surface area contributed by atoms with Gasteiger partial charge in [0.2, 0.25) is 0 Å². The van der Waals surface area contributed by atoms with Gasteiger partial charge in [0.25, 0.3) is 5.56 Å². The molecule has 0 spiro atoms. The van der Waals surface area contributed by atoms with E-state index in [1.165, 1.54) is 5.56 Å². The van der Waals surface area contributed by atoms with Crippen LogP contribution >= 0.6 is 24.0 Å². The van der Waals surface area contributed by atoms with E-state index in [0.29, 0.717) is 17.4 Å². The van der Waals surface area contributed by atoms with Gasteiger partial charge in [-0.3, -0.25) is 4.79 Å². The fourth-order valence-electron chi connectivity index (χ4n) is 2.23. The standard InChI is InChI=1S/C18H24N4O.HI/c1-12(2)14-6-5-7-16(10-14)21-18(19)20-11-15-9-8-13(3)22(4)17(15)23;/h5-10,12H,11H2,1-4H3,(H3,19,20,21);1H. The van der Waals surface area contributed by atoms with Crippen molar-refractivity contribution < 1.29 is 0 Å². The van der Waals surface area contributed by atoms with Crippen LogP contribution in [0, 0.1) is 6.92 Å². The Morgan fingerprint density at radius 2 is 2.00 bits per heavy atom. The summed E-state index contributed by atoms with van der Waals surface area (Å²) in [6, 6.07) is 11.8. The van der Waals surface area contributed by atoms with Crippen molar-refractivity contribution in [2.45, 2.75) is 33.2 Å². The number of hydrogen-bond acceptors (Lipinski definition) is 2. The van der Waals surface area contributed by atoms with Gasteiger partial charge in [0, 0.05) is 24.0 Å². The Morgan fingerprint density at radius 1 is 1.29 bits per heavy atom. The fraction of sp³-hybridized carbons (Fsp3) is 0.333. The number of benzene rings is 1. The minimum Gasteiger partial charge on any atom is -0.370 e. The van der Waals surface area contributed by atoms with Crippen molar-refractivity contribution in [2.75, 3.05) is 5.32 Å². The summed E-state index contributed by atoms with van der Waals surface area (Å²) in [4.78, 5) is 16.4. The van der Waals surface area contributed by atoms with Crippen LogP contribution in [0.2, 0.25) is 0 Å². The van der Waals surface area contributed by atoms with E-state index in [-0.39, 0.29) is 36.1 Å². The number of nitrogens with one attached hydrogen (secondary N) is 1. The lowest BCUT2D eigenvalue weighted by atomic mass is 10.0. The van der Waals surface area contributed by atoms with Crippen LogP contribution in [0.1, 0.15) is 36.6 Å². The number of halogens is 1. The minimum atomic E-state index is -0.0386. The highest BCUT2D eigenvalue weighted by atomic mass is 127. The summed E-state index contributed by atoms with van der Waals surface area (Å²) in [7, 11) is 1.75. The van der Waals surface area contributed by atoms with Crippen molar-refractivity contribution in [3.05, 3.63) is 63.6 Å². The van der Waals surface area contributed by atoms with Gasteiger partial charge in [-0.05, 0) is 42.7 Å². The molecule has 0 aliphatic carbocycles. The molecule has 2 aromatic rings. The van der Waals surface area contributed by atoms with Crippen molar-refractivity contribution in [1.29, 1.82) is 0 Å². The molecule has 0 saturated carbocycles. The number of nitrogens with zero attached hydrogens (tertiary/aromatic N) is 2. The van der Waals surface area contributed by atoms with Crippen LogP contribution in [-0.4, -0.2) is 10.5 Å². The Kier molecular flexibility index (Phi) is 7.47. The highest BCUT2D eigenvalue weighted by Gasteiger charge is 2.04. The molecule has 5 nitrogen and oxygen atoms in total. The van der Waals surface area contributed by atoms with E-state index >= 15 is 0 Å². The second kappa shape index (κ2) is 8.86. The molecule has 0 atom stereocenters. The minimum absolute atomic E-state index is 0. The monoisotopic (exact) mass is 440 g/mol. The first kappa shape index (κ1) is 20.2. The highest BCUT2D eigenvalue weighted by Crippen LogP contribution is 2.18. The number of hydrogen-bond donors (Lipinski definition) is 2. The Hall–Kier alpha value is -1.83. The summed E-state index contributed by atoms with van der Waals surface area (Å²) in [5.74, 6) is 0.749. The SMILES string of the molecule is Cc1ccc(CN=C(N)Nc2cccc(C(C)C)c2)c(=O)n1C.I. The number of aryl methyl sites for hydroxylation is 1. The summed E-state index contributed by atoms with van der Waals surface area (Å²) in [6.45, 7) is 6.44. The van der Waals surface area contributed by atoms with Crippen molar-refractivity contribution in [1.82, 2.24) is 4.57 Å². The summed E-state index contributed by atoms with van der Waals surface area (Å²) < 4.78 is 1.61. The maximum absolute atomic E-state index is 12.1. The molecule has 0 aliphatic heterocycles. The number of aromatic nitrogens is 1. The van der Waals surface area contributed by atoms with Gasteiger partial charge in [0.15, 0.2) is 5.96 Å². The predicted octanol–water partition coefficient (Wildman–Crippen LogP) is 3.36. The molecule has 24 heavy (non-hydrogen) atoms. The molecule has 130 valence electrons. The van der Waals surface area contributed by atoms with Crippen LogP contribution in [0.5, 0.6) is 0 Å². The lowest BCUT2D eigenvalue weighted by Crippen LogP contribution is -2.25. The number of anilines is 1. The van der Waals surface area contributed by atoms with Crippen LogP contribution in [0.3, 0.4) is 0 Å². The van der Waals surface area contributed by atoms with E-state index in [2.05, 4.69) is 36.3 Å². The molecule has 0 radical (unpaired) electrons. The Bertz CT molecular complexity index is 781. The third-order valence-electron chi connectivity index (χ3n) is 3.88. The van der Waals surface area contributed by atoms with Gasteiger partial charge >= 0.3 is 0 Å². The Labute approximate surface area is 160 Å². The molecule has 0 aliphatic rings. The van der Waals surface area contributed by atoms with Crippen molar-refractivity contribution in [3.63, 3.8) is 0 Å². The zero-order valence-electron chi connectivity index (χ0n) is 14.5. The summed E-state index contributed by atoms with van der Waals surface area (Å²) in [5.41, 5.74) is 9.56. The zero-order valence-corrected chi connectivity index (χ0v) is 16.9. The van der Waals surface area contributed by atoms with Gasteiger partial charge in [-0.15, -0.1) is 24.0 Å². The van der Waals surface area contributed by atoms with Gasteiger partial charge in [-0.25, -0.2) is 4.99 Å². The van der Waals surface area contributed by atoms with Gasteiger partial charge in [0.05, 0.1) is 6.54 Å². The number of rotatable bonds is 4. The normalized spacial score (nSPS) is 11.3. The number of nitrogens with two attached hydrogens (primary N) is 1. The second-order valence-electron chi connectivity index (χ2n) is 5.97. The summed E-state index contributed by atoms with van der Waals surface area (Å²) in [5, 5.41) is 3.07. The average molecular weight is 440 g/mol. The third kappa shape index (κ3) is 5.09. The molecule has 3 N–H and O–H groups in total. The van der Waals surface area contributed by atoms with E-state index in [1.807, 2.05) is 25.1 Å².